The van der Waals surface area contributed by atoms with Crippen molar-refractivity contribution in [2.75, 3.05) is 16.8 Å². The number of rotatable bonds is 2. The maximum Gasteiger partial charge on any atom is 0.221 e. The molecule has 0 spiro atoms. The molecule has 0 saturated heterocycles. The molecule has 0 bridgehead atoms. The molecule has 2 unspecified atom stereocenters. The van der Waals surface area contributed by atoms with Crippen LogP contribution in [0.4, 0.5) is 11.4 Å². The Balaban J connectivity index is 2.50. The van der Waals surface area contributed by atoms with Crippen molar-refractivity contribution in [1.29, 1.82) is 0 Å². The van der Waals surface area contributed by atoms with E-state index >= 15 is 0 Å². The standard InChI is InChI=1S/C16H24N2O/c1-6-18-12(4)7-10(2)14-8-11(3)15(9-16(14)18)17-13(5)19/h8-10,12H,6-7H2,1-5H3,(H,17,19). The summed E-state index contributed by atoms with van der Waals surface area (Å²) in [4.78, 5) is 13.7. The van der Waals surface area contributed by atoms with Crippen molar-refractivity contribution in [2.24, 2.45) is 0 Å². The molecule has 0 radical (unpaired) electrons. The predicted octanol–water partition coefficient (Wildman–Crippen LogP) is 3.68. The van der Waals surface area contributed by atoms with Gasteiger partial charge in [0.2, 0.25) is 5.91 Å². The molecule has 2 rings (SSSR count). The van der Waals surface area contributed by atoms with Gasteiger partial charge in [-0.1, -0.05) is 13.0 Å². The maximum atomic E-state index is 11.3. The topological polar surface area (TPSA) is 32.3 Å². The van der Waals surface area contributed by atoms with Crippen LogP contribution in [-0.4, -0.2) is 18.5 Å². The van der Waals surface area contributed by atoms with E-state index in [-0.39, 0.29) is 5.91 Å². The lowest BCUT2D eigenvalue weighted by Crippen LogP contribution is -2.38. The fourth-order valence-electron chi connectivity index (χ4n) is 3.17. The predicted molar refractivity (Wildman–Crippen MR) is 81.0 cm³/mol. The van der Waals surface area contributed by atoms with Crippen molar-refractivity contribution >= 4 is 17.3 Å². The number of hydrogen-bond acceptors (Lipinski definition) is 2. The number of aryl methyl sites for hydroxylation is 1. The molecule has 0 saturated carbocycles. The molecular weight excluding hydrogens is 236 g/mol. The largest absolute Gasteiger partial charge is 0.369 e. The molecule has 1 amide bonds. The summed E-state index contributed by atoms with van der Waals surface area (Å²) in [6, 6.07) is 4.93. The zero-order valence-electron chi connectivity index (χ0n) is 12.6. The lowest BCUT2D eigenvalue weighted by Gasteiger charge is -2.40. The first-order chi connectivity index (χ1) is 8.93. The first-order valence-corrected chi connectivity index (χ1v) is 7.12. The molecule has 19 heavy (non-hydrogen) atoms. The highest BCUT2D eigenvalue weighted by Gasteiger charge is 2.27. The van der Waals surface area contributed by atoms with Crippen LogP contribution < -0.4 is 10.2 Å². The van der Waals surface area contributed by atoms with Gasteiger partial charge in [0.05, 0.1) is 0 Å². The number of fused-ring (bicyclic) bond motifs is 1. The molecule has 0 fully saturated rings. The average Bonchev–Trinajstić information content (AvgIpc) is 2.31. The number of nitrogens with zero attached hydrogens (tertiary/aromatic N) is 1. The van der Waals surface area contributed by atoms with Crippen LogP contribution in [0.15, 0.2) is 12.1 Å². The van der Waals surface area contributed by atoms with Crippen LogP contribution in [0.2, 0.25) is 0 Å². The summed E-state index contributed by atoms with van der Waals surface area (Å²) in [6.07, 6.45) is 1.19. The second-order valence-electron chi connectivity index (χ2n) is 5.68. The van der Waals surface area contributed by atoms with Gasteiger partial charge in [-0.15, -0.1) is 0 Å². The highest BCUT2D eigenvalue weighted by atomic mass is 16.1. The Labute approximate surface area is 116 Å². The molecule has 0 aliphatic carbocycles. The molecule has 1 aliphatic rings. The molecule has 3 heteroatoms. The third-order valence-electron chi connectivity index (χ3n) is 4.09. The van der Waals surface area contributed by atoms with E-state index in [2.05, 4.69) is 50.0 Å². The van der Waals surface area contributed by atoms with Gasteiger partial charge in [-0.05, 0) is 50.3 Å². The van der Waals surface area contributed by atoms with Gasteiger partial charge in [0.25, 0.3) is 0 Å². The Morgan fingerprint density at radius 3 is 2.68 bits per heavy atom. The van der Waals surface area contributed by atoms with Gasteiger partial charge in [0, 0.05) is 30.9 Å². The third-order valence-corrected chi connectivity index (χ3v) is 4.09. The number of nitrogens with one attached hydrogen (secondary N) is 1. The van der Waals surface area contributed by atoms with Gasteiger partial charge in [0.15, 0.2) is 0 Å². The second kappa shape index (κ2) is 5.24. The van der Waals surface area contributed by atoms with Crippen LogP contribution in [0.3, 0.4) is 0 Å². The van der Waals surface area contributed by atoms with Crippen LogP contribution in [0.5, 0.6) is 0 Å². The molecule has 1 N–H and O–H groups in total. The fourth-order valence-corrected chi connectivity index (χ4v) is 3.17. The Kier molecular flexibility index (Phi) is 3.83. The van der Waals surface area contributed by atoms with Crippen LogP contribution >= 0.6 is 0 Å². The summed E-state index contributed by atoms with van der Waals surface area (Å²) >= 11 is 0. The Morgan fingerprint density at radius 1 is 1.42 bits per heavy atom. The fraction of sp³-hybridized carbons (Fsp3) is 0.562. The van der Waals surface area contributed by atoms with Crippen LogP contribution in [-0.2, 0) is 4.79 Å². The normalized spacial score (nSPS) is 22.1. The smallest absolute Gasteiger partial charge is 0.221 e. The Morgan fingerprint density at radius 2 is 2.11 bits per heavy atom. The highest BCUT2D eigenvalue weighted by molar-refractivity contribution is 5.90. The lowest BCUT2D eigenvalue weighted by atomic mass is 9.86. The minimum atomic E-state index is -0.0111. The zero-order valence-corrected chi connectivity index (χ0v) is 12.6. The number of hydrogen-bond donors (Lipinski definition) is 1. The summed E-state index contributed by atoms with van der Waals surface area (Å²) in [5.41, 5.74) is 4.77. The van der Waals surface area contributed by atoms with E-state index in [0.717, 1.165) is 17.8 Å². The van der Waals surface area contributed by atoms with Gasteiger partial charge in [-0.3, -0.25) is 4.79 Å². The monoisotopic (exact) mass is 260 g/mol. The molecule has 1 aromatic carbocycles. The number of carbonyl (C=O) groups is 1. The molecule has 1 aliphatic heterocycles. The molecule has 2 atom stereocenters. The van der Waals surface area contributed by atoms with E-state index in [1.807, 2.05) is 0 Å². The minimum Gasteiger partial charge on any atom is -0.369 e. The van der Waals surface area contributed by atoms with Crippen molar-refractivity contribution in [3.63, 3.8) is 0 Å². The molecule has 1 heterocycles. The van der Waals surface area contributed by atoms with Crippen molar-refractivity contribution in [2.45, 2.75) is 53.0 Å². The number of carbonyl (C=O) groups excluding carboxylic acids is 1. The van der Waals surface area contributed by atoms with Gasteiger partial charge in [-0.25, -0.2) is 0 Å². The van der Waals surface area contributed by atoms with Gasteiger partial charge in [-0.2, -0.15) is 0 Å². The summed E-state index contributed by atoms with van der Waals surface area (Å²) in [7, 11) is 0. The van der Waals surface area contributed by atoms with E-state index in [1.54, 1.807) is 6.92 Å². The van der Waals surface area contributed by atoms with Gasteiger partial charge >= 0.3 is 0 Å². The summed E-state index contributed by atoms with van der Waals surface area (Å²) in [6.45, 7) is 11.4. The van der Waals surface area contributed by atoms with Crippen LogP contribution in [0.1, 0.15) is 51.2 Å². The second-order valence-corrected chi connectivity index (χ2v) is 5.68. The summed E-state index contributed by atoms with van der Waals surface area (Å²) in [5, 5.41) is 2.93. The van der Waals surface area contributed by atoms with E-state index in [1.165, 1.54) is 17.7 Å². The SMILES string of the molecule is CCN1c2cc(NC(C)=O)c(C)cc2C(C)CC1C. The van der Waals surface area contributed by atoms with Crippen molar-refractivity contribution in [1.82, 2.24) is 0 Å². The number of benzene rings is 1. The number of amides is 1. The average molecular weight is 260 g/mol. The van der Waals surface area contributed by atoms with Crippen molar-refractivity contribution in [3.05, 3.63) is 23.3 Å². The van der Waals surface area contributed by atoms with Crippen molar-refractivity contribution < 1.29 is 4.79 Å². The molecule has 1 aromatic rings. The van der Waals surface area contributed by atoms with E-state index < -0.39 is 0 Å². The van der Waals surface area contributed by atoms with Gasteiger partial charge < -0.3 is 10.2 Å². The van der Waals surface area contributed by atoms with E-state index in [4.69, 9.17) is 0 Å². The molecule has 0 aromatic heterocycles. The van der Waals surface area contributed by atoms with Crippen LogP contribution in [0.25, 0.3) is 0 Å². The van der Waals surface area contributed by atoms with Crippen molar-refractivity contribution in [3.8, 4) is 0 Å². The van der Waals surface area contributed by atoms with Gasteiger partial charge in [0.1, 0.15) is 0 Å². The number of anilines is 2. The first kappa shape index (κ1) is 13.9. The summed E-state index contributed by atoms with van der Waals surface area (Å²) in [5.74, 6) is 0.570. The summed E-state index contributed by atoms with van der Waals surface area (Å²) < 4.78 is 0. The Bertz CT molecular complexity index is 496. The first-order valence-electron chi connectivity index (χ1n) is 7.12. The molecule has 3 nitrogen and oxygen atoms in total. The molecule has 104 valence electrons. The maximum absolute atomic E-state index is 11.3. The quantitative estimate of drug-likeness (QED) is 0.880. The zero-order chi connectivity index (χ0) is 14.2. The highest BCUT2D eigenvalue weighted by Crippen LogP contribution is 2.40. The molecular formula is C16H24N2O. The lowest BCUT2D eigenvalue weighted by molar-refractivity contribution is -0.114. The minimum absolute atomic E-state index is 0.0111. The van der Waals surface area contributed by atoms with Crippen LogP contribution in [0, 0.1) is 6.92 Å². The Hall–Kier alpha value is -1.51. The van der Waals surface area contributed by atoms with E-state index in [0.29, 0.717) is 12.0 Å². The van der Waals surface area contributed by atoms with E-state index in [9.17, 15) is 4.79 Å². The third kappa shape index (κ3) is 2.60.